The lowest BCUT2D eigenvalue weighted by Crippen LogP contribution is -2.63. The summed E-state index contributed by atoms with van der Waals surface area (Å²) in [7, 11) is 0. The molecular formula is C22H29ClO5. The van der Waals surface area contributed by atoms with Crippen LogP contribution >= 0.6 is 11.6 Å². The van der Waals surface area contributed by atoms with Gasteiger partial charge in [-0.15, -0.1) is 11.6 Å². The van der Waals surface area contributed by atoms with E-state index in [0.717, 1.165) is 5.57 Å². The van der Waals surface area contributed by atoms with Gasteiger partial charge in [-0.1, -0.05) is 26.8 Å². The molecule has 0 spiro atoms. The minimum absolute atomic E-state index is 0.00190. The standard InChI is InChI=1S/C22H29ClO5/c1-11-6-14-13-8-16(23)15-7-12(25)4-5-20(15,2)19(13)17(26)9-21(14,3)22(11,28)18(27)10-24/h4-5,7,11,13-14,16-17,19,24,26,28H,6,8-10H2,1-3H3/t11-,13+,14+,16+,17?,19-,20+,21+,22+/m1/s1. The van der Waals surface area contributed by atoms with Crippen molar-refractivity contribution in [3.8, 4) is 0 Å². The molecule has 1 unspecified atom stereocenters. The highest BCUT2D eigenvalue weighted by Crippen LogP contribution is 2.68. The Labute approximate surface area is 170 Å². The number of ketones is 2. The minimum Gasteiger partial charge on any atom is -0.393 e. The third-order valence-corrected chi connectivity index (χ3v) is 9.04. The summed E-state index contributed by atoms with van der Waals surface area (Å²) >= 11 is 6.74. The Bertz CT molecular complexity index is 790. The minimum atomic E-state index is -1.66. The molecule has 4 rings (SSSR count). The summed E-state index contributed by atoms with van der Waals surface area (Å²) in [5.74, 6) is -1.07. The van der Waals surface area contributed by atoms with Gasteiger partial charge in [0.2, 0.25) is 0 Å². The molecule has 0 radical (unpaired) electrons. The van der Waals surface area contributed by atoms with Crippen LogP contribution in [-0.4, -0.2) is 50.6 Å². The molecule has 4 aliphatic carbocycles. The van der Waals surface area contributed by atoms with Crippen LogP contribution in [0.15, 0.2) is 23.8 Å². The number of rotatable bonds is 2. The fraction of sp³-hybridized carbons (Fsp3) is 0.727. The average Bonchev–Trinajstić information content (AvgIpc) is 2.83. The van der Waals surface area contributed by atoms with Gasteiger partial charge in [0, 0.05) is 16.7 Å². The lowest BCUT2D eigenvalue weighted by molar-refractivity contribution is -0.183. The van der Waals surface area contributed by atoms with Crippen molar-refractivity contribution in [2.75, 3.05) is 6.61 Å². The van der Waals surface area contributed by atoms with E-state index in [0.29, 0.717) is 12.8 Å². The van der Waals surface area contributed by atoms with Gasteiger partial charge in [0.25, 0.3) is 0 Å². The van der Waals surface area contributed by atoms with Crippen molar-refractivity contribution in [2.24, 2.45) is 34.5 Å². The van der Waals surface area contributed by atoms with Crippen LogP contribution in [0.3, 0.4) is 0 Å². The summed E-state index contributed by atoms with van der Waals surface area (Å²) < 4.78 is 0. The van der Waals surface area contributed by atoms with E-state index in [1.807, 2.05) is 26.8 Å². The topological polar surface area (TPSA) is 94.8 Å². The van der Waals surface area contributed by atoms with E-state index >= 15 is 0 Å². The Morgan fingerprint density at radius 3 is 2.64 bits per heavy atom. The van der Waals surface area contributed by atoms with Crippen molar-refractivity contribution in [3.05, 3.63) is 23.8 Å². The molecule has 0 saturated heterocycles. The average molecular weight is 409 g/mol. The van der Waals surface area contributed by atoms with Crippen molar-refractivity contribution < 1.29 is 24.9 Å². The molecule has 0 aliphatic heterocycles. The maximum atomic E-state index is 12.6. The highest BCUT2D eigenvalue weighted by Gasteiger charge is 2.70. The summed E-state index contributed by atoms with van der Waals surface area (Å²) in [5, 5.41) is 31.9. The van der Waals surface area contributed by atoms with Crippen LogP contribution < -0.4 is 0 Å². The number of carbonyl (C=O) groups is 2. The van der Waals surface area contributed by atoms with Gasteiger partial charge in [-0.2, -0.15) is 0 Å². The normalized spacial score (nSPS) is 52.5. The second-order valence-electron chi connectivity index (χ2n) is 9.79. The molecular weight excluding hydrogens is 380 g/mol. The number of Topliss-reactive ketones (excluding diaryl/α,β-unsaturated/α-hetero) is 1. The van der Waals surface area contributed by atoms with Crippen LogP contribution in [-0.2, 0) is 9.59 Å². The quantitative estimate of drug-likeness (QED) is 0.607. The van der Waals surface area contributed by atoms with Gasteiger partial charge in [-0.3, -0.25) is 9.59 Å². The Morgan fingerprint density at radius 2 is 2.00 bits per heavy atom. The van der Waals surface area contributed by atoms with Crippen LogP contribution in [0.1, 0.15) is 40.0 Å². The molecule has 0 bridgehead atoms. The van der Waals surface area contributed by atoms with Gasteiger partial charge < -0.3 is 15.3 Å². The molecule has 3 fully saturated rings. The lowest BCUT2D eigenvalue weighted by atomic mass is 9.46. The number of halogens is 1. The summed E-state index contributed by atoms with van der Waals surface area (Å²) in [5.41, 5.74) is -2.14. The molecule has 28 heavy (non-hydrogen) atoms. The first-order valence-electron chi connectivity index (χ1n) is 10.1. The van der Waals surface area contributed by atoms with Crippen LogP contribution in [0, 0.1) is 34.5 Å². The number of fused-ring (bicyclic) bond motifs is 5. The summed E-state index contributed by atoms with van der Waals surface area (Å²) in [6, 6.07) is 0. The largest absolute Gasteiger partial charge is 0.393 e. The number of aliphatic hydroxyl groups is 3. The zero-order chi connectivity index (χ0) is 20.6. The highest BCUT2D eigenvalue weighted by molar-refractivity contribution is 6.23. The third kappa shape index (κ3) is 2.31. The predicted molar refractivity (Wildman–Crippen MR) is 105 cm³/mol. The first-order valence-corrected chi connectivity index (χ1v) is 10.6. The Hall–Kier alpha value is -1.01. The van der Waals surface area contributed by atoms with Crippen LogP contribution in [0.2, 0.25) is 0 Å². The van der Waals surface area contributed by atoms with Gasteiger partial charge in [-0.25, -0.2) is 0 Å². The van der Waals surface area contributed by atoms with E-state index in [2.05, 4.69) is 0 Å². The van der Waals surface area contributed by atoms with Gasteiger partial charge in [-0.05, 0) is 54.7 Å². The fourth-order valence-electron chi connectivity index (χ4n) is 7.38. The molecule has 0 aromatic rings. The van der Waals surface area contributed by atoms with Crippen molar-refractivity contribution in [1.29, 1.82) is 0 Å². The molecule has 6 heteroatoms. The van der Waals surface area contributed by atoms with E-state index < -0.39 is 34.9 Å². The van der Waals surface area contributed by atoms with Crippen molar-refractivity contribution >= 4 is 23.2 Å². The van der Waals surface area contributed by atoms with Crippen LogP contribution in [0.5, 0.6) is 0 Å². The lowest BCUT2D eigenvalue weighted by Gasteiger charge is -2.60. The highest BCUT2D eigenvalue weighted by atomic mass is 35.5. The summed E-state index contributed by atoms with van der Waals surface area (Å²) in [6.45, 7) is 5.06. The van der Waals surface area contributed by atoms with Gasteiger partial charge in [0.1, 0.15) is 12.2 Å². The molecule has 154 valence electrons. The fourth-order valence-corrected chi connectivity index (χ4v) is 7.89. The van der Waals surface area contributed by atoms with Crippen molar-refractivity contribution in [3.63, 3.8) is 0 Å². The monoisotopic (exact) mass is 408 g/mol. The Balaban J connectivity index is 1.81. The molecule has 3 saturated carbocycles. The first-order chi connectivity index (χ1) is 13.0. The molecule has 0 amide bonds. The number of alkyl halides is 1. The Morgan fingerprint density at radius 1 is 1.32 bits per heavy atom. The van der Waals surface area contributed by atoms with Crippen LogP contribution in [0.4, 0.5) is 0 Å². The van der Waals surface area contributed by atoms with Gasteiger partial charge in [0.05, 0.1) is 11.5 Å². The molecule has 9 atom stereocenters. The second kappa shape index (κ2) is 6.24. The number of aliphatic hydroxyl groups excluding tert-OH is 2. The van der Waals surface area contributed by atoms with Crippen molar-refractivity contribution in [2.45, 2.75) is 57.1 Å². The van der Waals surface area contributed by atoms with E-state index in [9.17, 15) is 24.9 Å². The first kappa shape index (κ1) is 20.3. The van der Waals surface area contributed by atoms with E-state index in [-0.39, 0.29) is 41.3 Å². The summed E-state index contributed by atoms with van der Waals surface area (Å²) in [4.78, 5) is 24.5. The molecule has 4 aliphatic rings. The summed E-state index contributed by atoms with van der Waals surface area (Å²) in [6.07, 6.45) is 5.83. The molecule has 0 aromatic carbocycles. The molecule has 5 nitrogen and oxygen atoms in total. The van der Waals surface area contributed by atoms with E-state index in [4.69, 9.17) is 11.6 Å². The maximum absolute atomic E-state index is 12.6. The zero-order valence-corrected chi connectivity index (χ0v) is 17.3. The van der Waals surface area contributed by atoms with Gasteiger partial charge in [0.15, 0.2) is 11.6 Å². The maximum Gasteiger partial charge on any atom is 0.190 e. The molecule has 3 N–H and O–H groups in total. The predicted octanol–water partition coefficient (Wildman–Crippen LogP) is 2.02. The Kier molecular flexibility index (Phi) is 4.52. The SMILES string of the molecule is C[C@@H]1C[C@H]2[C@@H]3C[C@H](Cl)C4=CC(=O)C=C[C@]4(C)[C@H]3C(O)C[C@]2(C)[C@@]1(O)C(=O)CO. The number of allylic oxidation sites excluding steroid dienone is 4. The number of hydrogen-bond donors (Lipinski definition) is 3. The number of carbonyl (C=O) groups excluding carboxylic acids is 2. The third-order valence-electron chi connectivity index (χ3n) is 8.63. The zero-order valence-electron chi connectivity index (χ0n) is 16.6. The van der Waals surface area contributed by atoms with Gasteiger partial charge >= 0.3 is 0 Å². The number of hydrogen-bond acceptors (Lipinski definition) is 5. The van der Waals surface area contributed by atoms with E-state index in [1.165, 1.54) is 0 Å². The van der Waals surface area contributed by atoms with Crippen molar-refractivity contribution in [1.82, 2.24) is 0 Å². The van der Waals surface area contributed by atoms with E-state index in [1.54, 1.807) is 12.2 Å². The smallest absolute Gasteiger partial charge is 0.190 e. The second-order valence-corrected chi connectivity index (χ2v) is 10.3. The van der Waals surface area contributed by atoms with Crippen LogP contribution in [0.25, 0.3) is 0 Å². The molecule has 0 aromatic heterocycles. The molecule has 0 heterocycles.